The number of rotatable bonds is 3. The fourth-order valence-electron chi connectivity index (χ4n) is 1.87. The Labute approximate surface area is 106 Å². The van der Waals surface area contributed by atoms with Gasteiger partial charge in [-0.1, -0.05) is 13.0 Å². The molecule has 1 aliphatic rings. The number of anilines is 1. The lowest BCUT2D eigenvalue weighted by molar-refractivity contribution is -0.121. The number of benzene rings is 1. The van der Waals surface area contributed by atoms with Gasteiger partial charge in [0.2, 0.25) is 0 Å². The first kappa shape index (κ1) is 12.2. The molecule has 1 amide bonds. The third kappa shape index (κ3) is 2.55. The zero-order valence-electron chi connectivity index (χ0n) is 10.1. The molecule has 1 aliphatic heterocycles. The van der Waals surface area contributed by atoms with Crippen molar-refractivity contribution in [2.24, 2.45) is 5.92 Å². The van der Waals surface area contributed by atoms with Crippen molar-refractivity contribution in [2.45, 2.75) is 13.8 Å². The van der Waals surface area contributed by atoms with E-state index in [1.165, 1.54) is 0 Å². The molecule has 2 rings (SSSR count). The number of nitrogens with zero attached hydrogens (tertiary/aromatic N) is 1. The molecule has 3 nitrogen and oxygen atoms in total. The maximum absolute atomic E-state index is 11.9. The molecule has 1 heterocycles. The Bertz CT molecular complexity index is 433. The molecule has 0 aliphatic carbocycles. The molecule has 92 valence electrons. The first-order valence-electron chi connectivity index (χ1n) is 5.71. The normalized spacial score (nSPS) is 16.4. The van der Waals surface area contributed by atoms with E-state index >= 15 is 0 Å². The van der Waals surface area contributed by atoms with E-state index in [1.807, 2.05) is 32.0 Å². The van der Waals surface area contributed by atoms with Gasteiger partial charge < -0.3 is 9.64 Å². The lowest BCUT2D eigenvalue weighted by atomic mass is 10.1. The largest absolute Gasteiger partial charge is 0.482 e. The fraction of sp³-hybridized carbons (Fsp3) is 0.462. The van der Waals surface area contributed by atoms with Crippen LogP contribution in [0.3, 0.4) is 0 Å². The van der Waals surface area contributed by atoms with E-state index in [1.54, 1.807) is 4.90 Å². The van der Waals surface area contributed by atoms with E-state index in [0.717, 1.165) is 17.0 Å². The minimum atomic E-state index is 0.0000617. The lowest BCUT2D eigenvalue weighted by Crippen LogP contribution is -2.41. The molecule has 0 bridgehead atoms. The first-order chi connectivity index (χ1) is 8.11. The molecule has 0 saturated carbocycles. The summed E-state index contributed by atoms with van der Waals surface area (Å²) < 4.78 is 5.41. The second kappa shape index (κ2) is 4.96. The maximum atomic E-state index is 11.9. The van der Waals surface area contributed by atoms with Crippen molar-refractivity contribution in [3.63, 3.8) is 0 Å². The molecule has 1 aromatic rings. The van der Waals surface area contributed by atoms with Crippen LogP contribution in [0.4, 0.5) is 5.69 Å². The zero-order valence-corrected chi connectivity index (χ0v) is 10.8. The standard InChI is InChI=1S/C13H16ClNO2/c1-9-3-4-12-11(5-9)15(7-10(2)6-14)13(16)8-17-12/h3-5,10H,6-8H2,1-2H3/t10-/m0/s1. The molecule has 0 N–H and O–H groups in total. The fourth-order valence-corrected chi connectivity index (χ4v) is 1.97. The van der Waals surface area contributed by atoms with Gasteiger partial charge in [-0.2, -0.15) is 0 Å². The highest BCUT2D eigenvalue weighted by atomic mass is 35.5. The predicted octanol–water partition coefficient (Wildman–Crippen LogP) is 2.60. The Balaban J connectivity index is 2.32. The van der Waals surface area contributed by atoms with Gasteiger partial charge in [-0.3, -0.25) is 4.79 Å². The number of hydrogen-bond acceptors (Lipinski definition) is 2. The van der Waals surface area contributed by atoms with E-state index in [4.69, 9.17) is 16.3 Å². The van der Waals surface area contributed by atoms with Crippen molar-refractivity contribution < 1.29 is 9.53 Å². The predicted molar refractivity (Wildman–Crippen MR) is 68.9 cm³/mol. The topological polar surface area (TPSA) is 29.5 Å². The number of halogens is 1. The smallest absolute Gasteiger partial charge is 0.265 e. The van der Waals surface area contributed by atoms with Gasteiger partial charge in [0.05, 0.1) is 5.69 Å². The summed E-state index contributed by atoms with van der Waals surface area (Å²) in [4.78, 5) is 13.7. The van der Waals surface area contributed by atoms with Gasteiger partial charge in [-0.15, -0.1) is 11.6 Å². The zero-order chi connectivity index (χ0) is 12.4. The Morgan fingerprint density at radius 3 is 3.00 bits per heavy atom. The molecular formula is C13H16ClNO2. The Hall–Kier alpha value is -1.22. The van der Waals surface area contributed by atoms with E-state index in [0.29, 0.717) is 12.4 Å². The van der Waals surface area contributed by atoms with Gasteiger partial charge in [0.25, 0.3) is 5.91 Å². The average molecular weight is 254 g/mol. The van der Waals surface area contributed by atoms with Gasteiger partial charge >= 0.3 is 0 Å². The summed E-state index contributed by atoms with van der Waals surface area (Å²) in [6, 6.07) is 5.88. The summed E-state index contributed by atoms with van der Waals surface area (Å²) >= 11 is 5.81. The first-order valence-corrected chi connectivity index (χ1v) is 6.25. The number of hydrogen-bond donors (Lipinski definition) is 0. The third-order valence-electron chi connectivity index (χ3n) is 2.82. The maximum Gasteiger partial charge on any atom is 0.265 e. The van der Waals surface area contributed by atoms with Crippen LogP contribution in [0.15, 0.2) is 18.2 Å². The number of carbonyl (C=O) groups excluding carboxylic acids is 1. The average Bonchev–Trinajstić information content (AvgIpc) is 2.32. The minimum absolute atomic E-state index is 0.0000617. The van der Waals surface area contributed by atoms with Gasteiger partial charge in [-0.05, 0) is 30.5 Å². The molecule has 0 fully saturated rings. The van der Waals surface area contributed by atoms with Gasteiger partial charge in [0.15, 0.2) is 6.61 Å². The van der Waals surface area contributed by atoms with Crippen LogP contribution in [0, 0.1) is 12.8 Å². The molecule has 0 saturated heterocycles. The number of aryl methyl sites for hydroxylation is 1. The summed E-state index contributed by atoms with van der Waals surface area (Å²) in [5, 5.41) is 0. The SMILES string of the molecule is Cc1ccc2c(c1)N(C[C@@H](C)CCl)C(=O)CO2. The van der Waals surface area contributed by atoms with Crippen molar-refractivity contribution in [2.75, 3.05) is 23.9 Å². The number of alkyl halides is 1. The van der Waals surface area contributed by atoms with Gasteiger partial charge in [0.1, 0.15) is 5.75 Å². The minimum Gasteiger partial charge on any atom is -0.482 e. The van der Waals surface area contributed by atoms with Gasteiger partial charge in [0, 0.05) is 12.4 Å². The molecule has 0 radical (unpaired) electrons. The summed E-state index contributed by atoms with van der Waals surface area (Å²) in [5.41, 5.74) is 1.98. The molecule has 0 spiro atoms. The molecule has 0 unspecified atom stereocenters. The van der Waals surface area contributed by atoms with Crippen molar-refractivity contribution in [1.82, 2.24) is 0 Å². The molecular weight excluding hydrogens is 238 g/mol. The Morgan fingerprint density at radius 1 is 1.53 bits per heavy atom. The lowest BCUT2D eigenvalue weighted by Gasteiger charge is -2.31. The molecule has 4 heteroatoms. The van der Waals surface area contributed by atoms with Crippen LogP contribution in [-0.4, -0.2) is 24.9 Å². The Morgan fingerprint density at radius 2 is 2.29 bits per heavy atom. The quantitative estimate of drug-likeness (QED) is 0.775. The monoisotopic (exact) mass is 253 g/mol. The second-order valence-electron chi connectivity index (χ2n) is 4.52. The van der Waals surface area contributed by atoms with Crippen molar-refractivity contribution in [3.8, 4) is 5.75 Å². The molecule has 0 aromatic heterocycles. The van der Waals surface area contributed by atoms with E-state index in [9.17, 15) is 4.79 Å². The molecule has 17 heavy (non-hydrogen) atoms. The van der Waals surface area contributed by atoms with Crippen molar-refractivity contribution >= 4 is 23.2 Å². The van der Waals surface area contributed by atoms with Crippen LogP contribution in [0.2, 0.25) is 0 Å². The highest BCUT2D eigenvalue weighted by Crippen LogP contribution is 2.33. The summed E-state index contributed by atoms with van der Waals surface area (Å²) in [6.45, 7) is 4.79. The third-order valence-corrected chi connectivity index (χ3v) is 3.34. The molecule has 1 aromatic carbocycles. The second-order valence-corrected chi connectivity index (χ2v) is 4.83. The van der Waals surface area contributed by atoms with E-state index in [2.05, 4.69) is 0 Å². The van der Waals surface area contributed by atoms with Crippen LogP contribution < -0.4 is 9.64 Å². The number of ether oxygens (including phenoxy) is 1. The van der Waals surface area contributed by atoms with Crippen molar-refractivity contribution in [3.05, 3.63) is 23.8 Å². The summed E-state index contributed by atoms with van der Waals surface area (Å²) in [7, 11) is 0. The molecule has 1 atom stereocenters. The van der Waals surface area contributed by atoms with Crippen molar-refractivity contribution in [1.29, 1.82) is 0 Å². The summed E-state index contributed by atoms with van der Waals surface area (Å²) in [6.07, 6.45) is 0. The van der Waals surface area contributed by atoms with E-state index < -0.39 is 0 Å². The van der Waals surface area contributed by atoms with Gasteiger partial charge in [-0.25, -0.2) is 0 Å². The van der Waals surface area contributed by atoms with Crippen LogP contribution in [0.5, 0.6) is 5.75 Å². The number of amides is 1. The summed E-state index contributed by atoms with van der Waals surface area (Å²) in [5.74, 6) is 1.59. The van der Waals surface area contributed by atoms with Crippen LogP contribution in [0.1, 0.15) is 12.5 Å². The van der Waals surface area contributed by atoms with Crippen LogP contribution in [0.25, 0.3) is 0 Å². The number of fused-ring (bicyclic) bond motifs is 1. The highest BCUT2D eigenvalue weighted by Gasteiger charge is 2.26. The van der Waals surface area contributed by atoms with Crippen LogP contribution in [-0.2, 0) is 4.79 Å². The number of carbonyl (C=O) groups is 1. The Kier molecular flexibility index (Phi) is 3.57. The highest BCUT2D eigenvalue weighted by molar-refractivity contribution is 6.18. The van der Waals surface area contributed by atoms with E-state index in [-0.39, 0.29) is 18.4 Å². The van der Waals surface area contributed by atoms with Crippen LogP contribution >= 0.6 is 11.6 Å².